The third kappa shape index (κ3) is 5.02. The van der Waals surface area contributed by atoms with E-state index in [2.05, 4.69) is 15.6 Å². The van der Waals surface area contributed by atoms with Crippen LogP contribution in [-0.2, 0) is 17.8 Å². The highest BCUT2D eigenvalue weighted by Crippen LogP contribution is 2.37. The van der Waals surface area contributed by atoms with E-state index in [0.717, 1.165) is 32.1 Å². The Labute approximate surface area is 193 Å². The monoisotopic (exact) mass is 474 g/mol. The third-order valence-corrected chi connectivity index (χ3v) is 6.57. The van der Waals surface area contributed by atoms with Crippen LogP contribution < -0.4 is 16.4 Å². The van der Waals surface area contributed by atoms with E-state index in [9.17, 15) is 4.79 Å². The van der Waals surface area contributed by atoms with Crippen LogP contribution in [0.2, 0.25) is 10.2 Å². The van der Waals surface area contributed by atoms with Gasteiger partial charge in [-0.05, 0) is 42.8 Å². The third-order valence-electron chi connectivity index (χ3n) is 4.81. The lowest BCUT2D eigenvalue weighted by atomic mass is 10.1. The molecule has 6 nitrogen and oxygen atoms in total. The van der Waals surface area contributed by atoms with Crippen molar-refractivity contribution in [2.45, 2.75) is 25.9 Å². The van der Waals surface area contributed by atoms with Crippen molar-refractivity contribution in [3.05, 3.63) is 75.1 Å². The summed E-state index contributed by atoms with van der Waals surface area (Å²) in [4.78, 5) is 18.0. The number of fused-ring (bicyclic) bond motifs is 1. The van der Waals surface area contributed by atoms with Crippen molar-refractivity contribution in [2.24, 2.45) is 5.73 Å². The molecule has 0 saturated heterocycles. The molecule has 160 valence electrons. The van der Waals surface area contributed by atoms with Crippen molar-refractivity contribution in [1.29, 1.82) is 0 Å². The van der Waals surface area contributed by atoms with Crippen LogP contribution in [-0.4, -0.2) is 16.9 Å². The van der Waals surface area contributed by atoms with E-state index in [4.69, 9.17) is 33.4 Å². The molecule has 9 heteroatoms. The predicted octanol–water partition coefficient (Wildman–Crippen LogP) is 5.63. The van der Waals surface area contributed by atoms with E-state index < -0.39 is 6.04 Å². The molecule has 4 N–H and O–H groups in total. The van der Waals surface area contributed by atoms with Gasteiger partial charge in [0.2, 0.25) is 5.91 Å². The summed E-state index contributed by atoms with van der Waals surface area (Å²) >= 11 is 13.8. The molecule has 1 amide bonds. The minimum absolute atomic E-state index is 0.277. The van der Waals surface area contributed by atoms with Crippen LogP contribution >= 0.6 is 34.5 Å². The lowest BCUT2D eigenvalue weighted by molar-refractivity contribution is -0.117. The standard InChI is InChI=1S/C22H20Cl2N4O2S/c1-12-18(9-16(25)22(29)27-14-5-2-4-13(23)8-14)31-21-17(10-19(24)28-20(12)21)26-11-15-6-3-7-30-15/h2-8,10,16H,9,11,25H2,1H3,(H,26,28)(H,27,29)/t16-/m1/s1. The maximum atomic E-state index is 12.6. The molecule has 0 aliphatic rings. The Morgan fingerprint density at radius 2 is 2.10 bits per heavy atom. The van der Waals surface area contributed by atoms with Gasteiger partial charge in [-0.15, -0.1) is 11.3 Å². The number of nitrogens with one attached hydrogen (secondary N) is 2. The number of pyridine rings is 1. The van der Waals surface area contributed by atoms with Gasteiger partial charge in [-0.2, -0.15) is 0 Å². The first-order valence-electron chi connectivity index (χ1n) is 9.57. The Balaban J connectivity index is 1.54. The highest BCUT2D eigenvalue weighted by atomic mass is 35.5. The maximum Gasteiger partial charge on any atom is 0.241 e. The molecular weight excluding hydrogens is 455 g/mol. The smallest absolute Gasteiger partial charge is 0.241 e. The normalized spacial score (nSPS) is 12.1. The number of nitrogens with zero attached hydrogens (tertiary/aromatic N) is 1. The zero-order valence-corrected chi connectivity index (χ0v) is 18.9. The van der Waals surface area contributed by atoms with E-state index in [-0.39, 0.29) is 5.91 Å². The fourth-order valence-electron chi connectivity index (χ4n) is 3.21. The van der Waals surface area contributed by atoms with Crippen molar-refractivity contribution in [3.63, 3.8) is 0 Å². The van der Waals surface area contributed by atoms with Gasteiger partial charge in [0, 0.05) is 28.1 Å². The first kappa shape index (κ1) is 21.6. The molecule has 0 spiro atoms. The van der Waals surface area contributed by atoms with Gasteiger partial charge < -0.3 is 20.8 Å². The molecule has 1 aromatic carbocycles. The van der Waals surface area contributed by atoms with Crippen LogP contribution in [0.15, 0.2) is 53.1 Å². The maximum absolute atomic E-state index is 12.6. The molecule has 0 aliphatic heterocycles. The topological polar surface area (TPSA) is 93.2 Å². The van der Waals surface area contributed by atoms with Gasteiger partial charge in [0.1, 0.15) is 10.9 Å². The quantitative estimate of drug-likeness (QED) is 0.302. The Kier molecular flexibility index (Phi) is 6.48. The molecule has 0 radical (unpaired) electrons. The molecule has 0 saturated carbocycles. The summed E-state index contributed by atoms with van der Waals surface area (Å²) in [7, 11) is 0. The van der Waals surface area contributed by atoms with Crippen molar-refractivity contribution < 1.29 is 9.21 Å². The number of nitrogens with two attached hydrogens (primary N) is 1. The predicted molar refractivity (Wildman–Crippen MR) is 127 cm³/mol. The number of carbonyl (C=O) groups is 1. The molecule has 3 heterocycles. The second kappa shape index (κ2) is 9.28. The summed E-state index contributed by atoms with van der Waals surface area (Å²) in [5.74, 6) is 0.538. The second-order valence-electron chi connectivity index (χ2n) is 7.06. The number of halogens is 2. The van der Waals surface area contributed by atoms with Gasteiger partial charge in [0.25, 0.3) is 0 Å². The molecular formula is C22H20Cl2N4O2S. The summed E-state index contributed by atoms with van der Waals surface area (Å²) in [6, 6.07) is 11.8. The van der Waals surface area contributed by atoms with E-state index in [1.54, 1.807) is 47.9 Å². The van der Waals surface area contributed by atoms with Crippen molar-refractivity contribution in [2.75, 3.05) is 10.6 Å². The van der Waals surface area contributed by atoms with Crippen LogP contribution in [0.25, 0.3) is 10.2 Å². The number of hydrogen-bond donors (Lipinski definition) is 3. The SMILES string of the molecule is Cc1c(C[C@@H](N)C(=O)Nc2cccc(Cl)c2)sc2c(NCc3ccco3)cc(Cl)nc12. The highest BCUT2D eigenvalue weighted by molar-refractivity contribution is 7.19. The largest absolute Gasteiger partial charge is 0.467 e. The minimum Gasteiger partial charge on any atom is -0.467 e. The molecule has 4 rings (SSSR count). The second-order valence-corrected chi connectivity index (χ2v) is 8.99. The van der Waals surface area contributed by atoms with Crippen molar-refractivity contribution in [1.82, 2.24) is 4.98 Å². The van der Waals surface area contributed by atoms with Gasteiger partial charge in [0.05, 0.1) is 34.8 Å². The first-order chi connectivity index (χ1) is 14.9. The summed E-state index contributed by atoms with van der Waals surface area (Å²) in [6.45, 7) is 2.49. The average Bonchev–Trinajstić information content (AvgIpc) is 3.35. The number of amides is 1. The Morgan fingerprint density at radius 3 is 2.84 bits per heavy atom. The summed E-state index contributed by atoms with van der Waals surface area (Å²) in [6.07, 6.45) is 2.02. The molecule has 0 fully saturated rings. The zero-order valence-electron chi connectivity index (χ0n) is 16.6. The number of anilines is 2. The molecule has 0 bridgehead atoms. The van der Waals surface area contributed by atoms with Gasteiger partial charge in [-0.3, -0.25) is 4.79 Å². The lowest BCUT2D eigenvalue weighted by Crippen LogP contribution is -2.37. The van der Waals surface area contributed by atoms with Crippen molar-refractivity contribution >= 4 is 62.0 Å². The van der Waals surface area contributed by atoms with Crippen LogP contribution in [0, 0.1) is 6.92 Å². The zero-order chi connectivity index (χ0) is 22.0. The van der Waals surface area contributed by atoms with E-state index in [0.29, 0.717) is 28.8 Å². The Bertz CT molecular complexity index is 1220. The molecule has 0 unspecified atom stereocenters. The average molecular weight is 475 g/mol. The van der Waals surface area contributed by atoms with Crippen LogP contribution in [0.5, 0.6) is 0 Å². The first-order valence-corrected chi connectivity index (χ1v) is 11.1. The van der Waals surface area contributed by atoms with Gasteiger partial charge in [-0.25, -0.2) is 4.98 Å². The number of aryl methyl sites for hydroxylation is 1. The molecule has 3 aromatic heterocycles. The number of furan rings is 1. The van der Waals surface area contributed by atoms with E-state index >= 15 is 0 Å². The number of rotatable bonds is 7. The Hall–Kier alpha value is -2.58. The number of carbonyl (C=O) groups excluding carboxylic acids is 1. The summed E-state index contributed by atoms with van der Waals surface area (Å²) < 4.78 is 6.35. The van der Waals surface area contributed by atoms with Gasteiger partial charge >= 0.3 is 0 Å². The lowest BCUT2D eigenvalue weighted by Gasteiger charge is -2.12. The number of benzene rings is 1. The molecule has 31 heavy (non-hydrogen) atoms. The van der Waals surface area contributed by atoms with Gasteiger partial charge in [0.15, 0.2) is 0 Å². The fourth-order valence-corrected chi connectivity index (χ4v) is 4.89. The number of thiophene rings is 1. The minimum atomic E-state index is -0.722. The number of aromatic nitrogens is 1. The summed E-state index contributed by atoms with van der Waals surface area (Å²) in [5, 5.41) is 7.10. The van der Waals surface area contributed by atoms with Crippen LogP contribution in [0.4, 0.5) is 11.4 Å². The van der Waals surface area contributed by atoms with Gasteiger partial charge in [-0.1, -0.05) is 29.3 Å². The van der Waals surface area contributed by atoms with Crippen LogP contribution in [0.3, 0.4) is 0 Å². The molecule has 1 atom stereocenters. The molecule has 4 aromatic rings. The number of hydrogen-bond acceptors (Lipinski definition) is 6. The fraction of sp³-hybridized carbons (Fsp3) is 0.182. The van der Waals surface area contributed by atoms with Crippen molar-refractivity contribution in [3.8, 4) is 0 Å². The Morgan fingerprint density at radius 1 is 1.26 bits per heavy atom. The van der Waals surface area contributed by atoms with E-state index in [1.165, 1.54) is 0 Å². The van der Waals surface area contributed by atoms with E-state index in [1.807, 2.05) is 19.1 Å². The highest BCUT2D eigenvalue weighted by Gasteiger charge is 2.20. The molecule has 0 aliphatic carbocycles. The summed E-state index contributed by atoms with van der Waals surface area (Å²) in [5.41, 5.74) is 9.45. The van der Waals surface area contributed by atoms with Crippen LogP contribution in [0.1, 0.15) is 16.2 Å².